The fourth-order valence-electron chi connectivity index (χ4n) is 0.372. The van der Waals surface area contributed by atoms with E-state index in [0.717, 1.165) is 0 Å². The smallest absolute Gasteiger partial charge is 0.308 e. The van der Waals surface area contributed by atoms with Gasteiger partial charge in [0.1, 0.15) is 0 Å². The maximum atomic E-state index is 10.7. The van der Waals surface area contributed by atoms with Crippen molar-refractivity contribution in [2.75, 3.05) is 11.5 Å². The van der Waals surface area contributed by atoms with Gasteiger partial charge in [-0.3, -0.25) is 9.35 Å². The number of rotatable bonds is 3. The number of aliphatic imine (C=N–C) groups is 1. The van der Waals surface area contributed by atoms with Gasteiger partial charge in [-0.05, 0) is 0 Å². The van der Waals surface area contributed by atoms with E-state index in [1.807, 2.05) is 0 Å². The topological polar surface area (TPSA) is 136 Å². The number of guanidine groups is 1. The molecule has 76 valence electrons. The van der Waals surface area contributed by atoms with Crippen LogP contribution in [0.4, 0.5) is 4.79 Å². The molecule has 0 aromatic carbocycles. The van der Waals surface area contributed by atoms with Gasteiger partial charge in [0.25, 0.3) is 10.1 Å². The van der Waals surface area contributed by atoms with Crippen molar-refractivity contribution in [1.29, 1.82) is 0 Å². The molecular weight excluding hydrogens is 218 g/mol. The summed E-state index contributed by atoms with van der Waals surface area (Å²) in [5, 5.41) is -0.691. The average molecular weight is 227 g/mol. The molecule has 0 rings (SSSR count). The molecule has 0 aromatic heterocycles. The largest absolute Gasteiger partial charge is 0.370 e. The molecule has 0 spiro atoms. The minimum atomic E-state index is -4.03. The van der Waals surface area contributed by atoms with Crippen molar-refractivity contribution in [2.45, 2.75) is 0 Å². The Balaban J connectivity index is 3.80. The first kappa shape index (κ1) is 12.2. The Hall–Kier alpha value is -0.800. The summed E-state index contributed by atoms with van der Waals surface area (Å²) in [5.74, 6) is -0.984. The first-order chi connectivity index (χ1) is 5.81. The molecule has 9 heteroatoms. The zero-order valence-corrected chi connectivity index (χ0v) is 8.14. The number of nitrogens with two attached hydrogens (primary N) is 2. The summed E-state index contributed by atoms with van der Waals surface area (Å²) >= 11 is 0.606. The van der Waals surface area contributed by atoms with Crippen LogP contribution in [-0.4, -0.2) is 35.7 Å². The number of hydrogen-bond acceptors (Lipinski definition) is 4. The van der Waals surface area contributed by atoms with Crippen molar-refractivity contribution in [3.8, 4) is 0 Å². The third-order valence-electron chi connectivity index (χ3n) is 0.787. The Morgan fingerprint density at radius 3 is 2.38 bits per heavy atom. The lowest BCUT2D eigenvalue weighted by molar-refractivity contribution is 0.267. The number of amides is 1. The zero-order valence-electron chi connectivity index (χ0n) is 6.50. The lowest BCUT2D eigenvalue weighted by Gasteiger charge is -1.94. The molecule has 0 saturated heterocycles. The van der Waals surface area contributed by atoms with E-state index in [4.69, 9.17) is 16.0 Å². The highest BCUT2D eigenvalue weighted by Crippen LogP contribution is 2.05. The summed E-state index contributed by atoms with van der Waals surface area (Å²) in [6.07, 6.45) is 0. The van der Waals surface area contributed by atoms with Crippen LogP contribution >= 0.6 is 11.8 Å². The van der Waals surface area contributed by atoms with E-state index in [2.05, 4.69) is 4.99 Å². The van der Waals surface area contributed by atoms with Gasteiger partial charge in [-0.1, -0.05) is 11.8 Å². The molecule has 0 aliphatic heterocycles. The second-order valence-electron chi connectivity index (χ2n) is 1.94. The fraction of sp³-hybridized carbons (Fsp3) is 0.500. The first-order valence-corrected chi connectivity index (χ1v) is 5.62. The third-order valence-corrected chi connectivity index (χ3v) is 2.51. The number of carbonyl (C=O) groups excluding carboxylic acids is 1. The lowest BCUT2D eigenvalue weighted by Crippen LogP contribution is -2.23. The van der Waals surface area contributed by atoms with Crippen LogP contribution < -0.4 is 11.5 Å². The van der Waals surface area contributed by atoms with Gasteiger partial charge in [0.15, 0.2) is 5.96 Å². The molecule has 1 amide bonds. The van der Waals surface area contributed by atoms with E-state index in [-0.39, 0.29) is 11.7 Å². The van der Waals surface area contributed by atoms with Gasteiger partial charge in [-0.2, -0.15) is 13.4 Å². The van der Waals surface area contributed by atoms with E-state index >= 15 is 0 Å². The minimum Gasteiger partial charge on any atom is -0.370 e. The molecule has 0 bridgehead atoms. The van der Waals surface area contributed by atoms with Crippen LogP contribution in [0.3, 0.4) is 0 Å². The van der Waals surface area contributed by atoms with Crippen molar-refractivity contribution in [1.82, 2.24) is 0 Å². The molecule has 7 nitrogen and oxygen atoms in total. The molecule has 0 radical (unpaired) electrons. The average Bonchev–Trinajstić information content (AvgIpc) is 1.81. The monoisotopic (exact) mass is 227 g/mol. The summed E-state index contributed by atoms with van der Waals surface area (Å²) in [6, 6.07) is 0. The summed E-state index contributed by atoms with van der Waals surface area (Å²) in [4.78, 5) is 13.8. The molecule has 0 aliphatic carbocycles. The Morgan fingerprint density at radius 2 is 2.00 bits per heavy atom. The molecule has 0 unspecified atom stereocenters. The van der Waals surface area contributed by atoms with Gasteiger partial charge in [0.2, 0.25) is 0 Å². The van der Waals surface area contributed by atoms with Crippen LogP contribution in [0, 0.1) is 0 Å². The summed E-state index contributed by atoms with van der Waals surface area (Å²) in [5.41, 5.74) is 9.75. The van der Waals surface area contributed by atoms with Crippen LogP contribution in [0.5, 0.6) is 0 Å². The molecule has 13 heavy (non-hydrogen) atoms. The normalized spacial score (nSPS) is 10.8. The highest BCUT2D eigenvalue weighted by Gasteiger charge is 2.07. The van der Waals surface area contributed by atoms with Gasteiger partial charge in [-0.25, -0.2) is 0 Å². The Bertz CT molecular complexity index is 305. The Morgan fingerprint density at radius 1 is 1.46 bits per heavy atom. The van der Waals surface area contributed by atoms with Crippen molar-refractivity contribution in [3.05, 3.63) is 0 Å². The zero-order chi connectivity index (χ0) is 10.5. The SMILES string of the molecule is NC(N)=NC(=O)SCCS(=O)(=O)O. The van der Waals surface area contributed by atoms with Gasteiger partial charge in [-0.15, -0.1) is 0 Å². The third kappa shape index (κ3) is 9.11. The molecular formula is C4H9N3O4S2. The van der Waals surface area contributed by atoms with Gasteiger partial charge >= 0.3 is 5.24 Å². The van der Waals surface area contributed by atoms with E-state index in [0.29, 0.717) is 11.8 Å². The van der Waals surface area contributed by atoms with E-state index < -0.39 is 21.1 Å². The van der Waals surface area contributed by atoms with Crippen molar-refractivity contribution in [2.24, 2.45) is 16.5 Å². The minimum absolute atomic E-state index is 0.0888. The fourth-order valence-corrected chi connectivity index (χ4v) is 1.89. The Labute approximate surface area is 79.3 Å². The number of carbonyl (C=O) groups is 1. The predicted molar refractivity (Wildman–Crippen MR) is 50.1 cm³/mol. The second-order valence-corrected chi connectivity index (χ2v) is 4.56. The van der Waals surface area contributed by atoms with Crippen molar-refractivity contribution in [3.63, 3.8) is 0 Å². The van der Waals surface area contributed by atoms with Crippen LogP contribution in [0.25, 0.3) is 0 Å². The van der Waals surface area contributed by atoms with E-state index in [1.165, 1.54) is 0 Å². The molecule has 0 aliphatic rings. The standard InChI is InChI=1S/C4H9N3O4S2/c5-3(6)7-4(8)12-1-2-13(9,10)11/h1-2H2,(H,9,10,11)(H4,5,6,7,8). The number of thioether (sulfide) groups is 1. The maximum absolute atomic E-state index is 10.7. The highest BCUT2D eigenvalue weighted by atomic mass is 32.2. The molecule has 5 N–H and O–H groups in total. The van der Waals surface area contributed by atoms with Crippen LogP contribution in [0.1, 0.15) is 0 Å². The van der Waals surface area contributed by atoms with Crippen LogP contribution in [0.15, 0.2) is 4.99 Å². The highest BCUT2D eigenvalue weighted by molar-refractivity contribution is 8.14. The van der Waals surface area contributed by atoms with Gasteiger partial charge in [0, 0.05) is 5.75 Å². The number of hydrogen-bond donors (Lipinski definition) is 3. The van der Waals surface area contributed by atoms with Crippen LogP contribution in [-0.2, 0) is 10.1 Å². The van der Waals surface area contributed by atoms with E-state index in [9.17, 15) is 13.2 Å². The molecule has 0 saturated carbocycles. The first-order valence-electron chi connectivity index (χ1n) is 3.03. The quantitative estimate of drug-likeness (QED) is 0.319. The van der Waals surface area contributed by atoms with Gasteiger partial charge < -0.3 is 11.5 Å². The summed E-state index contributed by atoms with van der Waals surface area (Å²) in [6.45, 7) is 0. The molecule has 0 heterocycles. The number of nitrogens with zero attached hydrogens (tertiary/aromatic N) is 1. The summed E-state index contributed by atoms with van der Waals surface area (Å²) < 4.78 is 28.6. The van der Waals surface area contributed by atoms with Crippen molar-refractivity contribution >= 4 is 33.1 Å². The van der Waals surface area contributed by atoms with Crippen LogP contribution in [0.2, 0.25) is 0 Å². The van der Waals surface area contributed by atoms with E-state index in [1.54, 1.807) is 0 Å². The Kier molecular flexibility index (Phi) is 4.73. The lowest BCUT2D eigenvalue weighted by atomic mass is 11.0. The van der Waals surface area contributed by atoms with Crippen molar-refractivity contribution < 1.29 is 17.8 Å². The van der Waals surface area contributed by atoms with Gasteiger partial charge in [0.05, 0.1) is 5.75 Å². The molecule has 0 atom stereocenters. The maximum Gasteiger partial charge on any atom is 0.308 e. The predicted octanol–water partition coefficient (Wildman–Crippen LogP) is -0.999. The summed E-state index contributed by atoms with van der Waals surface area (Å²) in [7, 11) is -4.03. The molecule has 0 aromatic rings. The second kappa shape index (κ2) is 5.04. The molecule has 0 fully saturated rings.